The monoisotopic (exact) mass is 469 g/mol. The van der Waals surface area contributed by atoms with Crippen LogP contribution in [0.4, 0.5) is 10.5 Å². The highest BCUT2D eigenvalue weighted by Gasteiger charge is 2.49. The molecule has 2 N–H and O–H groups in total. The van der Waals surface area contributed by atoms with Crippen LogP contribution in [-0.4, -0.2) is 67.8 Å². The molecule has 10 nitrogen and oxygen atoms in total. The van der Waals surface area contributed by atoms with Crippen LogP contribution < -0.4 is 24.4 Å². The molecule has 0 bridgehead atoms. The van der Waals surface area contributed by atoms with E-state index < -0.39 is 30.0 Å². The number of carbonyl (C=O) groups excluding carboxylic acids is 3. The van der Waals surface area contributed by atoms with Crippen LogP contribution in [0, 0.1) is 0 Å². The van der Waals surface area contributed by atoms with E-state index in [0.717, 1.165) is 4.90 Å². The Morgan fingerprint density at radius 2 is 1.71 bits per heavy atom. The number of aliphatic hydroxyl groups is 1. The van der Waals surface area contributed by atoms with Crippen molar-refractivity contribution >= 4 is 23.5 Å². The van der Waals surface area contributed by atoms with Gasteiger partial charge in [-0.05, 0) is 18.4 Å². The Morgan fingerprint density at radius 1 is 1.06 bits per heavy atom. The van der Waals surface area contributed by atoms with Gasteiger partial charge in [-0.15, -0.1) is 0 Å². The van der Waals surface area contributed by atoms with Crippen LogP contribution in [0.15, 0.2) is 42.5 Å². The second kappa shape index (κ2) is 9.60. The second-order valence-corrected chi connectivity index (χ2v) is 8.09. The lowest BCUT2D eigenvalue weighted by Gasteiger charge is -2.33. The quantitative estimate of drug-likeness (QED) is 0.595. The number of methoxy groups -OCH3 is 3. The maximum absolute atomic E-state index is 13.3. The number of nitrogens with zero attached hydrogens (tertiary/aromatic N) is 2. The van der Waals surface area contributed by atoms with E-state index in [1.807, 2.05) is 0 Å². The smallest absolute Gasteiger partial charge is 0.332 e. The first-order valence-electron chi connectivity index (χ1n) is 10.9. The second-order valence-electron chi connectivity index (χ2n) is 8.09. The topological polar surface area (TPSA) is 118 Å². The summed E-state index contributed by atoms with van der Waals surface area (Å²) in [6.07, 6.45) is -0.596. The minimum atomic E-state index is -1.31. The van der Waals surface area contributed by atoms with E-state index in [1.54, 1.807) is 42.5 Å². The Morgan fingerprint density at radius 3 is 2.29 bits per heavy atom. The van der Waals surface area contributed by atoms with Gasteiger partial charge in [0, 0.05) is 24.7 Å². The summed E-state index contributed by atoms with van der Waals surface area (Å²) in [6.45, 7) is 0.294. The number of aliphatic hydroxyl groups excluding tert-OH is 1. The number of carbonyl (C=O) groups is 3. The molecule has 2 aromatic rings. The number of amides is 4. The fourth-order valence-electron chi connectivity index (χ4n) is 4.43. The van der Waals surface area contributed by atoms with E-state index in [0.29, 0.717) is 41.5 Å². The number of hydrogen-bond acceptors (Lipinski definition) is 7. The number of fused-ring (bicyclic) bond motifs is 1. The highest BCUT2D eigenvalue weighted by Crippen LogP contribution is 2.42. The number of urea groups is 1. The molecule has 0 radical (unpaired) electrons. The lowest BCUT2D eigenvalue weighted by Crippen LogP contribution is -2.50. The molecule has 10 heteroatoms. The van der Waals surface area contributed by atoms with E-state index >= 15 is 0 Å². The third kappa shape index (κ3) is 4.12. The standard InChI is InChI=1S/C24H27N3O7/c1-32-18-12-16(13-19(33-2)21(18)34-3)27-23(30)17-11-15(9-10-26(17)24(27)31)25-22(29)20(28)14-7-5-4-6-8-14/h4-8,12-13,15,17,20,28H,9-11H2,1-3H3,(H,25,29). The predicted molar refractivity (Wildman–Crippen MR) is 122 cm³/mol. The van der Waals surface area contributed by atoms with Crippen molar-refractivity contribution in [3.8, 4) is 17.2 Å². The Bertz CT molecular complexity index is 1070. The van der Waals surface area contributed by atoms with Crippen molar-refractivity contribution in [2.45, 2.75) is 31.0 Å². The molecule has 0 aliphatic carbocycles. The van der Waals surface area contributed by atoms with Crippen LogP contribution in [0.1, 0.15) is 24.5 Å². The molecule has 180 valence electrons. The number of anilines is 1. The minimum absolute atomic E-state index is 0.249. The number of rotatable bonds is 7. The van der Waals surface area contributed by atoms with Crippen molar-refractivity contribution in [3.63, 3.8) is 0 Å². The summed E-state index contributed by atoms with van der Waals surface area (Å²) < 4.78 is 16.0. The van der Waals surface area contributed by atoms with Gasteiger partial charge in [-0.2, -0.15) is 0 Å². The molecule has 2 heterocycles. The molecular formula is C24H27N3O7. The third-order valence-corrected chi connectivity index (χ3v) is 6.16. The first kappa shape index (κ1) is 23.4. The summed E-state index contributed by atoms with van der Waals surface area (Å²) in [5, 5.41) is 13.2. The van der Waals surface area contributed by atoms with Crippen LogP contribution in [0.2, 0.25) is 0 Å². The number of piperidine rings is 1. The van der Waals surface area contributed by atoms with E-state index in [4.69, 9.17) is 14.2 Å². The number of nitrogens with one attached hydrogen (secondary N) is 1. The van der Waals surface area contributed by atoms with Gasteiger partial charge in [0.15, 0.2) is 17.6 Å². The van der Waals surface area contributed by atoms with Crippen molar-refractivity contribution in [3.05, 3.63) is 48.0 Å². The molecule has 4 amide bonds. The molecule has 0 saturated carbocycles. The normalized spacial score (nSPS) is 20.6. The van der Waals surface area contributed by atoms with Crippen LogP contribution >= 0.6 is 0 Å². The fourth-order valence-corrected chi connectivity index (χ4v) is 4.43. The zero-order valence-corrected chi connectivity index (χ0v) is 19.2. The lowest BCUT2D eigenvalue weighted by molar-refractivity contribution is -0.131. The number of hydrogen-bond donors (Lipinski definition) is 2. The van der Waals surface area contributed by atoms with Crippen LogP contribution in [0.25, 0.3) is 0 Å². The molecule has 2 saturated heterocycles. The number of ether oxygens (including phenoxy) is 3. The zero-order valence-electron chi connectivity index (χ0n) is 19.2. The Hall–Kier alpha value is -3.79. The molecular weight excluding hydrogens is 442 g/mol. The summed E-state index contributed by atoms with van der Waals surface area (Å²) in [6, 6.07) is 10.2. The van der Waals surface area contributed by atoms with Gasteiger partial charge in [0.05, 0.1) is 27.0 Å². The van der Waals surface area contributed by atoms with E-state index in [2.05, 4.69) is 5.32 Å². The molecule has 2 aliphatic rings. The number of imide groups is 1. The third-order valence-electron chi connectivity index (χ3n) is 6.16. The summed E-state index contributed by atoms with van der Waals surface area (Å²) in [7, 11) is 4.37. The minimum Gasteiger partial charge on any atom is -0.493 e. The summed E-state index contributed by atoms with van der Waals surface area (Å²) in [4.78, 5) is 41.6. The maximum atomic E-state index is 13.3. The molecule has 2 fully saturated rings. The molecule has 2 aliphatic heterocycles. The lowest BCUT2D eigenvalue weighted by atomic mass is 9.97. The molecule has 0 spiro atoms. The Balaban J connectivity index is 1.51. The average molecular weight is 469 g/mol. The highest BCUT2D eigenvalue weighted by molar-refractivity contribution is 6.21. The van der Waals surface area contributed by atoms with Gasteiger partial charge in [-0.3, -0.25) is 9.59 Å². The number of benzene rings is 2. The summed E-state index contributed by atoms with van der Waals surface area (Å²) >= 11 is 0. The van der Waals surface area contributed by atoms with Crippen molar-refractivity contribution in [2.75, 3.05) is 32.8 Å². The summed E-state index contributed by atoms with van der Waals surface area (Å²) in [5.41, 5.74) is 0.789. The van der Waals surface area contributed by atoms with Crippen molar-refractivity contribution in [2.24, 2.45) is 0 Å². The predicted octanol–water partition coefficient (Wildman–Crippen LogP) is 1.86. The van der Waals surface area contributed by atoms with Gasteiger partial charge >= 0.3 is 6.03 Å². The van der Waals surface area contributed by atoms with Gasteiger partial charge in [0.25, 0.3) is 11.8 Å². The van der Waals surface area contributed by atoms with E-state index in [-0.39, 0.29) is 12.5 Å². The van der Waals surface area contributed by atoms with Gasteiger partial charge in [-0.25, -0.2) is 9.69 Å². The molecule has 3 unspecified atom stereocenters. The van der Waals surface area contributed by atoms with Gasteiger partial charge in [0.1, 0.15) is 6.04 Å². The van der Waals surface area contributed by atoms with Gasteiger partial charge < -0.3 is 29.5 Å². The van der Waals surface area contributed by atoms with Crippen LogP contribution in [0.5, 0.6) is 17.2 Å². The van der Waals surface area contributed by atoms with Crippen LogP contribution in [0.3, 0.4) is 0 Å². The molecule has 34 heavy (non-hydrogen) atoms. The van der Waals surface area contributed by atoms with E-state index in [1.165, 1.54) is 26.2 Å². The molecule has 4 rings (SSSR count). The van der Waals surface area contributed by atoms with Crippen molar-refractivity contribution in [1.82, 2.24) is 10.2 Å². The Labute approximate surface area is 197 Å². The summed E-state index contributed by atoms with van der Waals surface area (Å²) in [5.74, 6) is 0.0553. The first-order valence-corrected chi connectivity index (χ1v) is 10.9. The van der Waals surface area contributed by atoms with Crippen molar-refractivity contribution < 1.29 is 33.7 Å². The van der Waals surface area contributed by atoms with Crippen LogP contribution in [-0.2, 0) is 9.59 Å². The van der Waals surface area contributed by atoms with Crippen molar-refractivity contribution in [1.29, 1.82) is 0 Å². The zero-order chi connectivity index (χ0) is 24.4. The molecule has 2 aromatic carbocycles. The molecule has 0 aromatic heterocycles. The highest BCUT2D eigenvalue weighted by atomic mass is 16.5. The van der Waals surface area contributed by atoms with E-state index in [9.17, 15) is 19.5 Å². The molecule has 3 atom stereocenters. The van der Waals surface area contributed by atoms with Gasteiger partial charge in [0.2, 0.25) is 5.75 Å². The SMILES string of the molecule is COc1cc(N2C(=O)C3CC(NC(=O)C(O)c4ccccc4)CCN3C2=O)cc(OC)c1OC. The first-order chi connectivity index (χ1) is 16.4. The van der Waals surface area contributed by atoms with Gasteiger partial charge in [-0.1, -0.05) is 30.3 Å². The largest absolute Gasteiger partial charge is 0.493 e. The fraction of sp³-hybridized carbons (Fsp3) is 0.375. The maximum Gasteiger partial charge on any atom is 0.332 e. The Kier molecular flexibility index (Phi) is 6.60. The average Bonchev–Trinajstić information content (AvgIpc) is 3.12.